The lowest BCUT2D eigenvalue weighted by Crippen LogP contribution is -2.47. The van der Waals surface area contributed by atoms with Crippen molar-refractivity contribution in [3.05, 3.63) is 0 Å². The normalized spacial score (nSPS) is 28.4. The van der Waals surface area contributed by atoms with Gasteiger partial charge in [-0.1, -0.05) is 20.8 Å². The molecule has 3 heteroatoms. The highest BCUT2D eigenvalue weighted by Gasteiger charge is 2.42. The molecular formula is C11H22O2Si. The molecule has 1 aliphatic carbocycles. The van der Waals surface area contributed by atoms with Crippen molar-refractivity contribution in [3.8, 4) is 0 Å². The average molecular weight is 214 g/mol. The Morgan fingerprint density at radius 2 is 1.79 bits per heavy atom. The van der Waals surface area contributed by atoms with E-state index in [1.807, 2.05) is 0 Å². The second-order valence-corrected chi connectivity index (χ2v) is 10.6. The third-order valence-electron chi connectivity index (χ3n) is 3.59. The molecule has 0 bridgehead atoms. The molecule has 0 aromatic heterocycles. The van der Waals surface area contributed by atoms with Crippen LogP contribution in [0.3, 0.4) is 0 Å². The molecule has 0 saturated heterocycles. The van der Waals surface area contributed by atoms with E-state index in [9.17, 15) is 4.79 Å². The molecule has 0 unspecified atom stereocenters. The summed E-state index contributed by atoms with van der Waals surface area (Å²) in [5.41, 5.74) is 0. The molecule has 0 radical (unpaired) electrons. The van der Waals surface area contributed by atoms with Crippen LogP contribution in [0.2, 0.25) is 18.1 Å². The van der Waals surface area contributed by atoms with Gasteiger partial charge in [-0.25, -0.2) is 0 Å². The van der Waals surface area contributed by atoms with Gasteiger partial charge in [-0.05, 0) is 31.0 Å². The molecule has 1 rings (SSSR count). The highest BCUT2D eigenvalue weighted by Crippen LogP contribution is 2.40. The van der Waals surface area contributed by atoms with Crippen LogP contribution in [-0.4, -0.2) is 20.7 Å². The maximum absolute atomic E-state index is 10.5. The molecule has 1 saturated carbocycles. The van der Waals surface area contributed by atoms with E-state index < -0.39 is 8.32 Å². The minimum atomic E-state index is -1.60. The Kier molecular flexibility index (Phi) is 3.22. The minimum absolute atomic E-state index is 0.268. The van der Waals surface area contributed by atoms with E-state index in [1.54, 1.807) is 0 Å². The zero-order valence-electron chi connectivity index (χ0n) is 9.96. The zero-order chi connectivity index (χ0) is 11.0. The van der Waals surface area contributed by atoms with Gasteiger partial charge in [0.1, 0.15) is 6.29 Å². The van der Waals surface area contributed by atoms with Crippen LogP contribution in [0.15, 0.2) is 0 Å². The van der Waals surface area contributed by atoms with Gasteiger partial charge in [0.25, 0.3) is 0 Å². The first-order chi connectivity index (χ1) is 6.26. The van der Waals surface area contributed by atoms with Crippen LogP contribution < -0.4 is 0 Å². The molecule has 0 N–H and O–H groups in total. The minimum Gasteiger partial charge on any atom is -0.414 e. The quantitative estimate of drug-likeness (QED) is 0.533. The SMILES string of the molecule is CC(C)(C)[Si](C)(C)OC1CC(C=O)C1. The Morgan fingerprint density at radius 1 is 1.29 bits per heavy atom. The number of carbonyl (C=O) groups is 1. The molecule has 0 aromatic rings. The first-order valence-electron chi connectivity index (χ1n) is 5.39. The number of hydrogen-bond donors (Lipinski definition) is 0. The van der Waals surface area contributed by atoms with Gasteiger partial charge in [0.2, 0.25) is 0 Å². The van der Waals surface area contributed by atoms with Crippen LogP contribution >= 0.6 is 0 Å². The summed E-state index contributed by atoms with van der Waals surface area (Å²) >= 11 is 0. The molecule has 0 spiro atoms. The summed E-state index contributed by atoms with van der Waals surface area (Å²) in [6.45, 7) is 11.3. The molecule has 0 heterocycles. The summed E-state index contributed by atoms with van der Waals surface area (Å²) in [5.74, 6) is 0.268. The second kappa shape index (κ2) is 3.78. The summed E-state index contributed by atoms with van der Waals surface area (Å²) in [6.07, 6.45) is 3.29. The predicted molar refractivity (Wildman–Crippen MR) is 60.9 cm³/mol. The molecule has 0 aliphatic heterocycles. The standard InChI is InChI=1S/C11H22O2Si/c1-11(2,3)14(4,5)13-10-6-9(7-10)8-12/h8-10H,6-7H2,1-5H3. The zero-order valence-corrected chi connectivity index (χ0v) is 11.0. The summed E-state index contributed by atoms with van der Waals surface area (Å²) in [4.78, 5) is 10.5. The van der Waals surface area contributed by atoms with Crippen LogP contribution in [0.4, 0.5) is 0 Å². The summed E-state index contributed by atoms with van der Waals surface area (Å²) in [6, 6.07) is 0. The average Bonchev–Trinajstić information content (AvgIpc) is 1.93. The van der Waals surface area contributed by atoms with Crippen molar-refractivity contribution in [3.63, 3.8) is 0 Å². The maximum atomic E-state index is 10.5. The molecule has 0 aromatic carbocycles. The summed E-state index contributed by atoms with van der Waals surface area (Å²) in [5, 5.41) is 0.277. The van der Waals surface area contributed by atoms with Crippen molar-refractivity contribution in [2.45, 2.75) is 57.8 Å². The van der Waals surface area contributed by atoms with Gasteiger partial charge in [0.05, 0.1) is 0 Å². The third kappa shape index (κ3) is 2.45. The monoisotopic (exact) mass is 214 g/mol. The third-order valence-corrected chi connectivity index (χ3v) is 8.13. The van der Waals surface area contributed by atoms with Gasteiger partial charge in [-0.15, -0.1) is 0 Å². The van der Waals surface area contributed by atoms with E-state index in [-0.39, 0.29) is 11.0 Å². The lowest BCUT2D eigenvalue weighted by Gasteiger charge is -2.43. The number of rotatable bonds is 3. The van der Waals surface area contributed by atoms with Gasteiger partial charge >= 0.3 is 0 Å². The first-order valence-corrected chi connectivity index (χ1v) is 8.30. The van der Waals surface area contributed by atoms with Gasteiger partial charge in [0.15, 0.2) is 8.32 Å². The van der Waals surface area contributed by atoms with Crippen molar-refractivity contribution >= 4 is 14.6 Å². The number of aldehydes is 1. The lowest BCUT2D eigenvalue weighted by molar-refractivity contribution is -0.116. The van der Waals surface area contributed by atoms with E-state index in [1.165, 1.54) is 0 Å². The Morgan fingerprint density at radius 3 is 2.14 bits per heavy atom. The van der Waals surface area contributed by atoms with Gasteiger partial charge in [-0.2, -0.15) is 0 Å². The Bertz CT molecular complexity index is 212. The molecule has 0 amide bonds. The second-order valence-electron chi connectivity index (χ2n) is 5.87. The van der Waals surface area contributed by atoms with Crippen molar-refractivity contribution in [2.75, 3.05) is 0 Å². The van der Waals surface area contributed by atoms with E-state index in [4.69, 9.17) is 4.43 Å². The fraction of sp³-hybridized carbons (Fsp3) is 0.909. The van der Waals surface area contributed by atoms with E-state index in [0.717, 1.165) is 19.1 Å². The fourth-order valence-corrected chi connectivity index (χ4v) is 2.79. The number of hydrogen-bond acceptors (Lipinski definition) is 2. The highest BCUT2D eigenvalue weighted by molar-refractivity contribution is 6.74. The Hall–Kier alpha value is -0.153. The van der Waals surface area contributed by atoms with Gasteiger partial charge < -0.3 is 9.22 Å². The van der Waals surface area contributed by atoms with E-state index in [2.05, 4.69) is 33.9 Å². The molecule has 1 aliphatic rings. The number of carbonyl (C=O) groups excluding carboxylic acids is 1. The molecule has 2 nitrogen and oxygen atoms in total. The lowest BCUT2D eigenvalue weighted by atomic mass is 9.84. The van der Waals surface area contributed by atoms with E-state index >= 15 is 0 Å². The Labute approximate surface area is 88.2 Å². The van der Waals surface area contributed by atoms with Crippen LogP contribution in [-0.2, 0) is 9.22 Å². The van der Waals surface area contributed by atoms with Crippen molar-refractivity contribution < 1.29 is 9.22 Å². The van der Waals surface area contributed by atoms with Crippen LogP contribution in [0, 0.1) is 5.92 Å². The van der Waals surface area contributed by atoms with Crippen molar-refractivity contribution in [1.82, 2.24) is 0 Å². The molecule has 82 valence electrons. The van der Waals surface area contributed by atoms with E-state index in [0.29, 0.717) is 6.10 Å². The van der Waals surface area contributed by atoms with Crippen LogP contribution in [0.1, 0.15) is 33.6 Å². The fourth-order valence-electron chi connectivity index (χ4n) is 1.41. The molecule has 14 heavy (non-hydrogen) atoms. The molecule has 1 fully saturated rings. The van der Waals surface area contributed by atoms with Crippen LogP contribution in [0.5, 0.6) is 0 Å². The topological polar surface area (TPSA) is 26.3 Å². The maximum Gasteiger partial charge on any atom is 0.192 e. The van der Waals surface area contributed by atoms with Gasteiger partial charge in [0, 0.05) is 12.0 Å². The first kappa shape index (κ1) is 11.9. The predicted octanol–water partition coefficient (Wildman–Crippen LogP) is 2.99. The smallest absolute Gasteiger partial charge is 0.192 e. The summed E-state index contributed by atoms with van der Waals surface area (Å²) < 4.78 is 6.15. The Balaban J connectivity index is 2.42. The largest absolute Gasteiger partial charge is 0.414 e. The van der Waals surface area contributed by atoms with Crippen LogP contribution in [0.25, 0.3) is 0 Å². The highest BCUT2D eigenvalue weighted by atomic mass is 28.4. The molecule has 0 atom stereocenters. The summed E-state index contributed by atoms with van der Waals surface area (Å²) in [7, 11) is -1.60. The van der Waals surface area contributed by atoms with Crippen molar-refractivity contribution in [2.24, 2.45) is 5.92 Å². The molecular weight excluding hydrogens is 192 g/mol. The van der Waals surface area contributed by atoms with Crippen molar-refractivity contribution in [1.29, 1.82) is 0 Å². The van der Waals surface area contributed by atoms with Gasteiger partial charge in [-0.3, -0.25) is 0 Å².